The van der Waals surface area contributed by atoms with E-state index in [0.29, 0.717) is 6.04 Å². The number of hydrogen-bond acceptors (Lipinski definition) is 2. The van der Waals surface area contributed by atoms with Crippen LogP contribution in [0.4, 0.5) is 0 Å². The Hall–Kier alpha value is -1.51. The van der Waals surface area contributed by atoms with Crippen molar-refractivity contribution in [3.05, 3.63) is 41.9 Å². The zero-order valence-electron chi connectivity index (χ0n) is 9.52. The van der Waals surface area contributed by atoms with Gasteiger partial charge in [-0.1, -0.05) is 0 Å². The van der Waals surface area contributed by atoms with E-state index in [1.165, 1.54) is 18.7 Å². The zero-order valence-corrected chi connectivity index (χ0v) is 9.52. The average Bonchev–Trinajstić information content (AvgIpc) is 2.88. The van der Waals surface area contributed by atoms with E-state index in [9.17, 15) is 0 Å². The Bertz CT molecular complexity index is 470. The largest absolute Gasteiger partial charge is 0.469 e. The van der Waals surface area contributed by atoms with E-state index < -0.39 is 0 Å². The number of fused-ring (bicyclic) bond motifs is 1. The molecule has 0 fully saturated rings. The number of rotatable bonds is 2. The van der Waals surface area contributed by atoms with Crippen LogP contribution < -0.4 is 0 Å². The molecule has 3 heterocycles. The summed E-state index contributed by atoms with van der Waals surface area (Å²) in [6.07, 6.45) is 8.35. The fourth-order valence-electron chi connectivity index (χ4n) is 2.43. The summed E-state index contributed by atoms with van der Waals surface area (Å²) in [4.78, 5) is 4.68. The summed E-state index contributed by atoms with van der Waals surface area (Å²) < 4.78 is 7.67. The van der Waals surface area contributed by atoms with Crippen molar-refractivity contribution in [2.24, 2.45) is 0 Å². The molecule has 2 aromatic heterocycles. The van der Waals surface area contributed by atoms with Gasteiger partial charge in [0.2, 0.25) is 0 Å². The molecule has 1 unspecified atom stereocenters. The molecule has 0 saturated carbocycles. The summed E-state index contributed by atoms with van der Waals surface area (Å²) >= 11 is 0. The molecular formula is C13H16N2O. The molecule has 0 spiro atoms. The van der Waals surface area contributed by atoms with Gasteiger partial charge in [-0.15, -0.1) is 0 Å². The van der Waals surface area contributed by atoms with E-state index >= 15 is 0 Å². The van der Waals surface area contributed by atoms with E-state index in [2.05, 4.69) is 22.7 Å². The van der Waals surface area contributed by atoms with E-state index in [1.807, 2.05) is 12.1 Å². The average molecular weight is 216 g/mol. The summed E-state index contributed by atoms with van der Waals surface area (Å²) in [5.41, 5.74) is 1.12. The van der Waals surface area contributed by atoms with Crippen molar-refractivity contribution >= 4 is 0 Å². The van der Waals surface area contributed by atoms with Gasteiger partial charge in [-0.2, -0.15) is 0 Å². The highest BCUT2D eigenvalue weighted by Gasteiger charge is 2.18. The molecule has 16 heavy (non-hydrogen) atoms. The van der Waals surface area contributed by atoms with Crippen molar-refractivity contribution in [1.29, 1.82) is 0 Å². The second-order valence-corrected chi connectivity index (χ2v) is 4.55. The zero-order chi connectivity index (χ0) is 11.0. The highest BCUT2D eigenvalue weighted by Crippen LogP contribution is 2.24. The van der Waals surface area contributed by atoms with Crippen LogP contribution in [0, 0.1) is 0 Å². The van der Waals surface area contributed by atoms with Crippen LogP contribution in [0.1, 0.15) is 43.1 Å². The van der Waals surface area contributed by atoms with Crippen LogP contribution in [0.3, 0.4) is 0 Å². The van der Waals surface area contributed by atoms with Crippen molar-refractivity contribution < 1.29 is 4.42 Å². The molecular weight excluding hydrogens is 200 g/mol. The predicted molar refractivity (Wildman–Crippen MR) is 61.4 cm³/mol. The molecule has 0 amide bonds. The van der Waals surface area contributed by atoms with Crippen molar-refractivity contribution in [3.63, 3.8) is 0 Å². The fraction of sp³-hybridized carbons (Fsp3) is 0.462. The Morgan fingerprint density at radius 2 is 2.50 bits per heavy atom. The van der Waals surface area contributed by atoms with Crippen molar-refractivity contribution in [1.82, 2.24) is 9.55 Å². The van der Waals surface area contributed by atoms with Gasteiger partial charge < -0.3 is 8.98 Å². The highest BCUT2D eigenvalue weighted by atomic mass is 16.3. The minimum absolute atomic E-state index is 0.599. The molecule has 3 nitrogen and oxygen atoms in total. The number of nitrogens with zero attached hydrogens (tertiary/aromatic N) is 2. The van der Waals surface area contributed by atoms with Crippen LogP contribution in [-0.4, -0.2) is 9.55 Å². The summed E-state index contributed by atoms with van der Waals surface area (Å²) in [5, 5.41) is 0. The van der Waals surface area contributed by atoms with Crippen LogP contribution in [-0.2, 0) is 12.8 Å². The van der Waals surface area contributed by atoms with Crippen LogP contribution in [0.25, 0.3) is 0 Å². The van der Waals surface area contributed by atoms with Gasteiger partial charge in [0.15, 0.2) is 0 Å². The van der Waals surface area contributed by atoms with Crippen LogP contribution in [0.15, 0.2) is 29.0 Å². The fourth-order valence-corrected chi connectivity index (χ4v) is 2.43. The van der Waals surface area contributed by atoms with Crippen molar-refractivity contribution in [3.8, 4) is 0 Å². The second kappa shape index (κ2) is 3.81. The minimum Gasteiger partial charge on any atom is -0.469 e. The lowest BCUT2D eigenvalue weighted by molar-refractivity contribution is 0.425. The van der Waals surface area contributed by atoms with Gasteiger partial charge in [-0.05, 0) is 31.9 Å². The lowest BCUT2D eigenvalue weighted by atomic mass is 10.1. The molecule has 0 bridgehead atoms. The second-order valence-electron chi connectivity index (χ2n) is 4.55. The Balaban J connectivity index is 1.87. The third kappa shape index (κ3) is 1.66. The number of furan rings is 1. The first-order valence-corrected chi connectivity index (χ1v) is 5.92. The molecule has 84 valence electrons. The maximum atomic E-state index is 5.35. The summed E-state index contributed by atoms with van der Waals surface area (Å²) in [6, 6.07) is 4.53. The molecule has 0 aliphatic carbocycles. The molecule has 0 aromatic carbocycles. The van der Waals surface area contributed by atoms with Crippen molar-refractivity contribution in [2.75, 3.05) is 0 Å². The number of aromatic nitrogens is 2. The van der Waals surface area contributed by atoms with Gasteiger partial charge in [0.1, 0.15) is 11.6 Å². The van der Waals surface area contributed by atoms with Crippen LogP contribution >= 0.6 is 0 Å². The maximum Gasteiger partial charge on any atom is 0.109 e. The lowest BCUT2D eigenvalue weighted by Crippen LogP contribution is -2.14. The van der Waals surface area contributed by atoms with Gasteiger partial charge in [0, 0.05) is 25.1 Å². The van der Waals surface area contributed by atoms with Crippen LogP contribution in [0.2, 0.25) is 0 Å². The first kappa shape index (κ1) is 9.70. The Kier molecular flexibility index (Phi) is 2.31. The van der Waals surface area contributed by atoms with E-state index in [-0.39, 0.29) is 0 Å². The number of aryl methyl sites for hydroxylation is 1. The van der Waals surface area contributed by atoms with E-state index in [4.69, 9.17) is 4.42 Å². The molecule has 0 saturated heterocycles. The monoisotopic (exact) mass is 216 g/mol. The normalized spacial score (nSPS) is 19.7. The van der Waals surface area contributed by atoms with Gasteiger partial charge in [-0.25, -0.2) is 4.98 Å². The molecule has 0 radical (unpaired) electrons. The lowest BCUT2D eigenvalue weighted by Gasteiger charge is -2.20. The van der Waals surface area contributed by atoms with Gasteiger partial charge in [0.25, 0.3) is 0 Å². The summed E-state index contributed by atoms with van der Waals surface area (Å²) in [6.45, 7) is 2.26. The van der Waals surface area contributed by atoms with E-state index in [0.717, 1.165) is 24.3 Å². The van der Waals surface area contributed by atoms with Gasteiger partial charge in [0.05, 0.1) is 12.0 Å². The third-order valence-electron chi connectivity index (χ3n) is 3.29. The third-order valence-corrected chi connectivity index (χ3v) is 3.29. The first-order valence-electron chi connectivity index (χ1n) is 5.92. The highest BCUT2D eigenvalue weighted by molar-refractivity contribution is 5.14. The maximum absolute atomic E-state index is 5.35. The van der Waals surface area contributed by atoms with Crippen LogP contribution in [0.5, 0.6) is 0 Å². The molecule has 1 aliphatic rings. The predicted octanol–water partition coefficient (Wildman–Crippen LogP) is 2.96. The van der Waals surface area contributed by atoms with Gasteiger partial charge in [-0.3, -0.25) is 0 Å². The topological polar surface area (TPSA) is 31.0 Å². The molecule has 1 aliphatic heterocycles. The Morgan fingerprint density at radius 3 is 3.25 bits per heavy atom. The molecule has 2 aromatic rings. The van der Waals surface area contributed by atoms with Crippen molar-refractivity contribution in [2.45, 2.75) is 38.6 Å². The smallest absolute Gasteiger partial charge is 0.109 e. The summed E-state index contributed by atoms with van der Waals surface area (Å²) in [7, 11) is 0. The number of hydrogen-bond donors (Lipinski definition) is 0. The van der Waals surface area contributed by atoms with E-state index in [1.54, 1.807) is 6.26 Å². The standard InChI is InChI=1S/C13H16N2O/c1-10-4-2-6-13-14-11(9-15(10)13)8-12-5-3-7-16-12/h3,5,7,9-10H,2,4,6,8H2,1H3. The SMILES string of the molecule is CC1CCCc2nc(Cc3ccco3)cn21. The molecule has 0 N–H and O–H groups in total. The summed E-state index contributed by atoms with van der Waals surface area (Å²) in [5.74, 6) is 2.23. The Morgan fingerprint density at radius 1 is 1.56 bits per heavy atom. The quantitative estimate of drug-likeness (QED) is 0.772. The molecule has 3 rings (SSSR count). The van der Waals surface area contributed by atoms with Gasteiger partial charge >= 0.3 is 0 Å². The minimum atomic E-state index is 0.599. The molecule has 1 atom stereocenters. The Labute approximate surface area is 95.1 Å². The number of imidazole rings is 1. The first-order chi connectivity index (χ1) is 7.83. The molecule has 3 heteroatoms.